The number of para-hydroxylation sites is 2. The van der Waals surface area contributed by atoms with Crippen molar-refractivity contribution in [2.45, 2.75) is 0 Å². The van der Waals surface area contributed by atoms with Crippen molar-refractivity contribution in [3.63, 3.8) is 0 Å². The molecule has 7 aromatic carbocycles. The van der Waals surface area contributed by atoms with Gasteiger partial charge in [-0.3, -0.25) is 0 Å². The molecule has 2 heteroatoms. The number of benzene rings is 7. The maximum Gasteiger partial charge on any atom is 0.135 e. The van der Waals surface area contributed by atoms with E-state index in [2.05, 4.69) is 169 Å². The van der Waals surface area contributed by atoms with E-state index in [0.717, 1.165) is 39.0 Å². The van der Waals surface area contributed by atoms with E-state index in [1.165, 1.54) is 33.4 Å². The van der Waals surface area contributed by atoms with Crippen molar-refractivity contribution >= 4 is 39.0 Å². The van der Waals surface area contributed by atoms with E-state index in [9.17, 15) is 0 Å². The SMILES string of the molecule is c1ccc(-c2ccccc2-c2c(-c3ccccc3)cccc2N(c2ccccc2)c2ccc3oc4ccccc4c3c2)cc1. The van der Waals surface area contributed by atoms with Gasteiger partial charge in [0.25, 0.3) is 0 Å². The Bertz CT molecular complexity index is 2220. The van der Waals surface area contributed by atoms with E-state index < -0.39 is 0 Å². The summed E-state index contributed by atoms with van der Waals surface area (Å²) in [5, 5.41) is 2.22. The van der Waals surface area contributed by atoms with Gasteiger partial charge in [0.2, 0.25) is 0 Å². The van der Waals surface area contributed by atoms with Gasteiger partial charge in [-0.2, -0.15) is 0 Å². The second-order valence-electron chi connectivity index (χ2n) is 10.9. The minimum absolute atomic E-state index is 0.885. The molecule has 0 fully saturated rings. The van der Waals surface area contributed by atoms with Gasteiger partial charge < -0.3 is 9.32 Å². The molecule has 0 unspecified atom stereocenters. The van der Waals surface area contributed by atoms with Crippen LogP contribution in [0.1, 0.15) is 0 Å². The highest BCUT2D eigenvalue weighted by Gasteiger charge is 2.23. The molecule has 0 atom stereocenters. The fourth-order valence-corrected chi connectivity index (χ4v) is 6.30. The van der Waals surface area contributed by atoms with Gasteiger partial charge in [0.1, 0.15) is 11.2 Å². The third-order valence-corrected chi connectivity index (χ3v) is 8.28. The Morgan fingerprint density at radius 3 is 1.68 bits per heavy atom. The van der Waals surface area contributed by atoms with Crippen LogP contribution in [0.25, 0.3) is 55.3 Å². The van der Waals surface area contributed by atoms with Crippen LogP contribution in [-0.2, 0) is 0 Å². The summed E-state index contributed by atoms with van der Waals surface area (Å²) in [5.74, 6) is 0. The van der Waals surface area contributed by atoms with Crippen molar-refractivity contribution in [1.29, 1.82) is 0 Å². The third kappa shape index (κ3) is 4.54. The zero-order valence-electron chi connectivity index (χ0n) is 24.1. The topological polar surface area (TPSA) is 16.4 Å². The van der Waals surface area contributed by atoms with Gasteiger partial charge in [-0.15, -0.1) is 0 Å². The van der Waals surface area contributed by atoms with Crippen LogP contribution in [0.15, 0.2) is 180 Å². The van der Waals surface area contributed by atoms with Crippen LogP contribution in [0.4, 0.5) is 17.1 Å². The molecule has 1 aromatic heterocycles. The van der Waals surface area contributed by atoms with Gasteiger partial charge in [0.05, 0.1) is 5.69 Å². The van der Waals surface area contributed by atoms with Crippen molar-refractivity contribution in [2.75, 3.05) is 4.90 Å². The predicted molar refractivity (Wildman–Crippen MR) is 185 cm³/mol. The minimum Gasteiger partial charge on any atom is -0.456 e. The lowest BCUT2D eigenvalue weighted by Gasteiger charge is -2.30. The van der Waals surface area contributed by atoms with E-state index in [-0.39, 0.29) is 0 Å². The van der Waals surface area contributed by atoms with Crippen molar-refractivity contribution in [1.82, 2.24) is 0 Å². The van der Waals surface area contributed by atoms with Gasteiger partial charge >= 0.3 is 0 Å². The zero-order chi connectivity index (χ0) is 29.3. The normalized spacial score (nSPS) is 11.2. The highest BCUT2D eigenvalue weighted by Crippen LogP contribution is 2.48. The number of anilines is 3. The highest BCUT2D eigenvalue weighted by molar-refractivity contribution is 6.07. The van der Waals surface area contributed by atoms with Gasteiger partial charge in [0.15, 0.2) is 0 Å². The maximum absolute atomic E-state index is 6.21. The third-order valence-electron chi connectivity index (χ3n) is 8.28. The van der Waals surface area contributed by atoms with Gasteiger partial charge in [-0.25, -0.2) is 0 Å². The van der Waals surface area contributed by atoms with Crippen LogP contribution in [-0.4, -0.2) is 0 Å². The first-order valence-corrected chi connectivity index (χ1v) is 14.9. The van der Waals surface area contributed by atoms with Crippen molar-refractivity contribution < 1.29 is 4.42 Å². The zero-order valence-corrected chi connectivity index (χ0v) is 24.1. The second-order valence-corrected chi connectivity index (χ2v) is 10.9. The second kappa shape index (κ2) is 11.1. The Hall–Kier alpha value is -5.86. The maximum atomic E-state index is 6.21. The first-order valence-electron chi connectivity index (χ1n) is 14.9. The Balaban J connectivity index is 1.45. The smallest absolute Gasteiger partial charge is 0.135 e. The van der Waals surface area contributed by atoms with Crippen LogP contribution >= 0.6 is 0 Å². The molecule has 44 heavy (non-hydrogen) atoms. The lowest BCUT2D eigenvalue weighted by molar-refractivity contribution is 0.669. The molecule has 0 spiro atoms. The first kappa shape index (κ1) is 25.8. The molecule has 0 N–H and O–H groups in total. The number of hydrogen-bond donors (Lipinski definition) is 0. The minimum atomic E-state index is 0.885. The summed E-state index contributed by atoms with van der Waals surface area (Å²) in [7, 11) is 0. The molecule has 1 heterocycles. The predicted octanol–water partition coefficient (Wildman–Crippen LogP) is 12.1. The van der Waals surface area contributed by atoms with Gasteiger partial charge in [-0.05, 0) is 70.3 Å². The molecule has 208 valence electrons. The van der Waals surface area contributed by atoms with E-state index in [4.69, 9.17) is 4.42 Å². The quantitative estimate of drug-likeness (QED) is 0.200. The summed E-state index contributed by atoms with van der Waals surface area (Å²) < 4.78 is 6.21. The Morgan fingerprint density at radius 2 is 0.932 bits per heavy atom. The summed E-state index contributed by atoms with van der Waals surface area (Å²) in [6.45, 7) is 0. The molecule has 2 nitrogen and oxygen atoms in total. The average Bonchev–Trinajstić information content (AvgIpc) is 3.48. The molecule has 0 aliphatic heterocycles. The molecule has 8 rings (SSSR count). The molecule has 0 radical (unpaired) electrons. The monoisotopic (exact) mass is 563 g/mol. The summed E-state index contributed by atoms with van der Waals surface area (Å²) in [6.07, 6.45) is 0. The molecule has 0 aliphatic carbocycles. The van der Waals surface area contributed by atoms with Crippen LogP contribution in [0.5, 0.6) is 0 Å². The number of fused-ring (bicyclic) bond motifs is 3. The van der Waals surface area contributed by atoms with Gasteiger partial charge in [0, 0.05) is 27.7 Å². The van der Waals surface area contributed by atoms with Gasteiger partial charge in [-0.1, -0.05) is 133 Å². The Kier molecular flexibility index (Phi) is 6.51. The molecular weight excluding hydrogens is 534 g/mol. The number of rotatable bonds is 6. The van der Waals surface area contributed by atoms with E-state index in [1.54, 1.807) is 0 Å². The lowest BCUT2D eigenvalue weighted by Crippen LogP contribution is -2.12. The van der Waals surface area contributed by atoms with E-state index in [0.29, 0.717) is 0 Å². The largest absolute Gasteiger partial charge is 0.456 e. The van der Waals surface area contributed by atoms with Crippen LogP contribution in [0.2, 0.25) is 0 Å². The molecule has 0 amide bonds. The summed E-state index contributed by atoms with van der Waals surface area (Å²) in [4.78, 5) is 2.38. The fourth-order valence-electron chi connectivity index (χ4n) is 6.30. The molecule has 0 aliphatic rings. The van der Waals surface area contributed by atoms with Crippen molar-refractivity contribution in [3.8, 4) is 33.4 Å². The van der Waals surface area contributed by atoms with Crippen molar-refractivity contribution in [3.05, 3.63) is 176 Å². The molecule has 0 saturated carbocycles. The van der Waals surface area contributed by atoms with E-state index in [1.807, 2.05) is 12.1 Å². The Labute approximate surface area is 257 Å². The summed E-state index contributed by atoms with van der Waals surface area (Å²) in [6, 6.07) is 62.2. The van der Waals surface area contributed by atoms with Crippen LogP contribution in [0.3, 0.4) is 0 Å². The molecular formula is C42H29NO. The standard InChI is InChI=1S/C42H29NO/c1-4-15-30(16-5-1)34-21-10-11-23-37(34)42-35(31-17-6-2-7-18-31)24-14-25-39(42)43(32-19-8-3-9-20-32)33-27-28-41-38(29-33)36-22-12-13-26-40(36)44-41/h1-29H. The summed E-state index contributed by atoms with van der Waals surface area (Å²) >= 11 is 0. The highest BCUT2D eigenvalue weighted by atomic mass is 16.3. The average molecular weight is 564 g/mol. The molecule has 0 bridgehead atoms. The lowest BCUT2D eigenvalue weighted by atomic mass is 9.87. The first-order chi connectivity index (χ1) is 21.8. The van der Waals surface area contributed by atoms with E-state index >= 15 is 0 Å². The van der Waals surface area contributed by atoms with Crippen molar-refractivity contribution in [2.24, 2.45) is 0 Å². The fraction of sp³-hybridized carbons (Fsp3) is 0. The summed E-state index contributed by atoms with van der Waals surface area (Å²) in [5.41, 5.74) is 12.2. The Morgan fingerprint density at radius 1 is 0.364 bits per heavy atom. The number of furan rings is 1. The number of hydrogen-bond acceptors (Lipinski definition) is 2. The van der Waals surface area contributed by atoms with Crippen LogP contribution < -0.4 is 4.90 Å². The molecule has 8 aromatic rings. The number of nitrogens with zero attached hydrogens (tertiary/aromatic N) is 1. The van der Waals surface area contributed by atoms with Crippen LogP contribution in [0, 0.1) is 0 Å². The molecule has 0 saturated heterocycles.